The molecule has 0 aromatic carbocycles. The summed E-state index contributed by atoms with van der Waals surface area (Å²) in [6.45, 7) is 3.33. The van der Waals surface area contributed by atoms with E-state index >= 15 is 0 Å². The molecule has 0 fully saturated rings. The minimum absolute atomic E-state index is 0.0782. The standard InChI is InChI=1S/C8H5ClF3NO/c1-2-5-3-7(9)13-4-6(5)14-8(10,11)12/h2-4H,1H2. The Morgan fingerprint density at radius 2 is 2.14 bits per heavy atom. The van der Waals surface area contributed by atoms with E-state index in [0.29, 0.717) is 0 Å². The molecule has 0 bridgehead atoms. The van der Waals surface area contributed by atoms with Crippen molar-refractivity contribution < 1.29 is 17.9 Å². The third-order valence-electron chi connectivity index (χ3n) is 1.31. The molecule has 0 radical (unpaired) electrons. The molecular formula is C8H5ClF3NO. The maximum Gasteiger partial charge on any atom is 0.573 e. The van der Waals surface area contributed by atoms with Crippen LogP contribution in [-0.2, 0) is 0 Å². The highest BCUT2D eigenvalue weighted by molar-refractivity contribution is 6.29. The number of ether oxygens (including phenoxy) is 1. The van der Waals surface area contributed by atoms with E-state index in [1.54, 1.807) is 0 Å². The SMILES string of the molecule is C=Cc1cc(Cl)ncc1OC(F)(F)F. The molecule has 1 heterocycles. The van der Waals surface area contributed by atoms with Crippen LogP contribution in [0.15, 0.2) is 18.8 Å². The second-order valence-electron chi connectivity index (χ2n) is 2.30. The van der Waals surface area contributed by atoms with Crippen LogP contribution < -0.4 is 4.74 Å². The van der Waals surface area contributed by atoms with Crippen molar-refractivity contribution in [3.63, 3.8) is 0 Å². The van der Waals surface area contributed by atoms with Gasteiger partial charge in [0, 0.05) is 5.56 Å². The first-order valence-corrected chi connectivity index (χ1v) is 3.84. The quantitative estimate of drug-likeness (QED) is 0.718. The lowest BCUT2D eigenvalue weighted by Crippen LogP contribution is -2.17. The van der Waals surface area contributed by atoms with Crippen LogP contribution in [0.1, 0.15) is 5.56 Å². The minimum Gasteiger partial charge on any atom is -0.403 e. The number of nitrogens with zero attached hydrogens (tertiary/aromatic N) is 1. The van der Waals surface area contributed by atoms with Gasteiger partial charge in [-0.2, -0.15) is 0 Å². The van der Waals surface area contributed by atoms with Crippen LogP contribution in [0.4, 0.5) is 13.2 Å². The molecule has 0 amide bonds. The zero-order valence-corrected chi connectivity index (χ0v) is 7.56. The molecule has 1 rings (SSSR count). The summed E-state index contributed by atoms with van der Waals surface area (Å²) < 4.78 is 39.2. The van der Waals surface area contributed by atoms with Crippen LogP contribution in [0.5, 0.6) is 5.75 Å². The van der Waals surface area contributed by atoms with E-state index in [2.05, 4.69) is 16.3 Å². The third kappa shape index (κ3) is 2.92. The molecule has 0 atom stereocenters. The highest BCUT2D eigenvalue weighted by Gasteiger charge is 2.32. The molecule has 0 unspecified atom stereocenters. The number of halogens is 4. The van der Waals surface area contributed by atoms with Crippen molar-refractivity contribution in [3.8, 4) is 5.75 Å². The van der Waals surface area contributed by atoms with Gasteiger partial charge in [-0.25, -0.2) is 4.98 Å². The van der Waals surface area contributed by atoms with Crippen LogP contribution in [0.25, 0.3) is 6.08 Å². The Morgan fingerprint density at radius 3 is 2.64 bits per heavy atom. The maximum absolute atomic E-state index is 11.8. The van der Waals surface area contributed by atoms with Crippen molar-refractivity contribution in [1.29, 1.82) is 0 Å². The predicted octanol–water partition coefficient (Wildman–Crippen LogP) is 3.28. The molecule has 0 aliphatic rings. The topological polar surface area (TPSA) is 22.1 Å². The molecule has 0 N–H and O–H groups in total. The number of hydrogen-bond donors (Lipinski definition) is 0. The van der Waals surface area contributed by atoms with Gasteiger partial charge < -0.3 is 4.74 Å². The lowest BCUT2D eigenvalue weighted by Gasteiger charge is -2.10. The average molecular weight is 224 g/mol. The molecule has 0 spiro atoms. The lowest BCUT2D eigenvalue weighted by molar-refractivity contribution is -0.274. The van der Waals surface area contributed by atoms with E-state index in [1.165, 1.54) is 12.1 Å². The van der Waals surface area contributed by atoms with Crippen molar-refractivity contribution in [1.82, 2.24) is 4.98 Å². The Kier molecular flexibility index (Phi) is 3.00. The van der Waals surface area contributed by atoms with Gasteiger partial charge in [0.2, 0.25) is 0 Å². The Labute approximate surface area is 83.0 Å². The molecule has 0 aliphatic carbocycles. The molecule has 76 valence electrons. The van der Waals surface area contributed by atoms with E-state index in [9.17, 15) is 13.2 Å². The van der Waals surface area contributed by atoms with Gasteiger partial charge in [-0.3, -0.25) is 0 Å². The second-order valence-corrected chi connectivity index (χ2v) is 2.68. The summed E-state index contributed by atoms with van der Waals surface area (Å²) in [5.41, 5.74) is 0.141. The fraction of sp³-hybridized carbons (Fsp3) is 0.125. The van der Waals surface area contributed by atoms with Gasteiger partial charge in [0.15, 0.2) is 5.75 Å². The first kappa shape index (κ1) is 10.8. The van der Waals surface area contributed by atoms with Gasteiger partial charge in [-0.15, -0.1) is 13.2 Å². The van der Waals surface area contributed by atoms with Crippen LogP contribution in [-0.4, -0.2) is 11.3 Å². The summed E-state index contributed by atoms with van der Waals surface area (Å²) in [5, 5.41) is 0.0782. The fourth-order valence-electron chi connectivity index (χ4n) is 0.801. The molecule has 2 nitrogen and oxygen atoms in total. The van der Waals surface area contributed by atoms with Crippen molar-refractivity contribution in [3.05, 3.63) is 29.6 Å². The monoisotopic (exact) mass is 223 g/mol. The molecular weight excluding hydrogens is 219 g/mol. The van der Waals surface area contributed by atoms with Crippen molar-refractivity contribution in [2.24, 2.45) is 0 Å². The smallest absolute Gasteiger partial charge is 0.403 e. The first-order valence-electron chi connectivity index (χ1n) is 3.46. The highest BCUT2D eigenvalue weighted by atomic mass is 35.5. The lowest BCUT2D eigenvalue weighted by atomic mass is 10.2. The molecule has 1 aromatic rings. The average Bonchev–Trinajstić information content (AvgIpc) is 2.06. The molecule has 0 saturated heterocycles. The van der Waals surface area contributed by atoms with Crippen LogP contribution >= 0.6 is 11.6 Å². The van der Waals surface area contributed by atoms with Gasteiger partial charge in [0.25, 0.3) is 0 Å². The second kappa shape index (κ2) is 3.88. The first-order chi connectivity index (χ1) is 6.42. The summed E-state index contributed by atoms with van der Waals surface area (Å²) in [7, 11) is 0. The van der Waals surface area contributed by atoms with Gasteiger partial charge >= 0.3 is 6.36 Å². The van der Waals surface area contributed by atoms with Gasteiger partial charge in [-0.05, 0) is 6.07 Å². The largest absolute Gasteiger partial charge is 0.573 e. The predicted molar refractivity (Wildman–Crippen MR) is 46.0 cm³/mol. The maximum atomic E-state index is 11.8. The van der Waals surface area contributed by atoms with E-state index < -0.39 is 12.1 Å². The Hall–Kier alpha value is -1.23. The summed E-state index contributed by atoms with van der Waals surface area (Å²) in [4.78, 5) is 3.46. The minimum atomic E-state index is -4.74. The van der Waals surface area contributed by atoms with E-state index in [0.717, 1.165) is 6.20 Å². The molecule has 0 saturated carbocycles. The number of alkyl halides is 3. The zero-order chi connectivity index (χ0) is 10.8. The number of rotatable bonds is 2. The van der Waals surface area contributed by atoms with Crippen molar-refractivity contribution in [2.45, 2.75) is 6.36 Å². The highest BCUT2D eigenvalue weighted by Crippen LogP contribution is 2.27. The van der Waals surface area contributed by atoms with Gasteiger partial charge in [0.05, 0.1) is 6.20 Å². The summed E-state index contributed by atoms with van der Waals surface area (Å²) in [6, 6.07) is 1.23. The van der Waals surface area contributed by atoms with Crippen LogP contribution in [0.3, 0.4) is 0 Å². The van der Waals surface area contributed by atoms with E-state index in [-0.39, 0.29) is 10.7 Å². The van der Waals surface area contributed by atoms with Crippen molar-refractivity contribution in [2.75, 3.05) is 0 Å². The summed E-state index contributed by atoms with van der Waals surface area (Å²) >= 11 is 5.47. The van der Waals surface area contributed by atoms with E-state index in [1.807, 2.05) is 0 Å². The number of aromatic nitrogens is 1. The Bertz CT molecular complexity index is 351. The Morgan fingerprint density at radius 1 is 1.50 bits per heavy atom. The summed E-state index contributed by atoms with van der Waals surface area (Å²) in [6.07, 6.45) is -2.64. The van der Waals surface area contributed by atoms with Crippen molar-refractivity contribution >= 4 is 17.7 Å². The number of pyridine rings is 1. The summed E-state index contributed by atoms with van der Waals surface area (Å²) in [5.74, 6) is -0.420. The molecule has 14 heavy (non-hydrogen) atoms. The zero-order valence-electron chi connectivity index (χ0n) is 6.81. The normalized spacial score (nSPS) is 11.1. The van der Waals surface area contributed by atoms with Gasteiger partial charge in [0.1, 0.15) is 5.15 Å². The molecule has 1 aromatic heterocycles. The fourth-order valence-corrected chi connectivity index (χ4v) is 0.967. The Balaban J connectivity index is 3.03. The molecule has 6 heteroatoms. The van der Waals surface area contributed by atoms with Gasteiger partial charge in [-0.1, -0.05) is 24.3 Å². The van der Waals surface area contributed by atoms with Crippen LogP contribution in [0.2, 0.25) is 5.15 Å². The third-order valence-corrected chi connectivity index (χ3v) is 1.52. The molecule has 0 aliphatic heterocycles. The van der Waals surface area contributed by atoms with E-state index in [4.69, 9.17) is 11.6 Å². The van der Waals surface area contributed by atoms with Crippen LogP contribution in [0, 0.1) is 0 Å². The number of hydrogen-bond acceptors (Lipinski definition) is 2.